The molecule has 0 aliphatic carbocycles. The molecule has 1 aromatic carbocycles. The van der Waals surface area contributed by atoms with Gasteiger partial charge < -0.3 is 15.3 Å². The van der Waals surface area contributed by atoms with Crippen molar-refractivity contribution in [2.45, 2.75) is 13.0 Å². The van der Waals surface area contributed by atoms with Crippen LogP contribution >= 0.6 is 0 Å². The van der Waals surface area contributed by atoms with Gasteiger partial charge in [-0.1, -0.05) is 6.07 Å². The van der Waals surface area contributed by atoms with E-state index in [0.717, 1.165) is 31.9 Å². The summed E-state index contributed by atoms with van der Waals surface area (Å²) >= 11 is 0. The van der Waals surface area contributed by atoms with Gasteiger partial charge in [0, 0.05) is 37.4 Å². The first-order valence-corrected chi connectivity index (χ1v) is 5.62. The van der Waals surface area contributed by atoms with Crippen LogP contribution in [0.3, 0.4) is 0 Å². The third-order valence-electron chi connectivity index (χ3n) is 2.91. The Kier molecular flexibility index (Phi) is 3.41. The SMILES string of the molecule is CC(O)c1c(F)cccc1N1CCNCC1. The standard InChI is InChI=1S/C12H17FN2O/c1-9(16)12-10(13)3-2-4-11(12)15-7-5-14-6-8-15/h2-4,9,14,16H,5-8H2,1H3. The first-order valence-electron chi connectivity index (χ1n) is 5.62. The number of piperazine rings is 1. The van der Waals surface area contributed by atoms with Gasteiger partial charge in [0.15, 0.2) is 0 Å². The van der Waals surface area contributed by atoms with Gasteiger partial charge in [0.2, 0.25) is 0 Å². The van der Waals surface area contributed by atoms with Crippen molar-refractivity contribution < 1.29 is 9.50 Å². The van der Waals surface area contributed by atoms with Gasteiger partial charge in [-0.05, 0) is 19.1 Å². The molecule has 1 saturated heterocycles. The highest BCUT2D eigenvalue weighted by atomic mass is 19.1. The fraction of sp³-hybridized carbons (Fsp3) is 0.500. The summed E-state index contributed by atoms with van der Waals surface area (Å²) in [5, 5.41) is 12.9. The summed E-state index contributed by atoms with van der Waals surface area (Å²) in [4.78, 5) is 2.11. The van der Waals surface area contributed by atoms with E-state index in [0.29, 0.717) is 5.56 Å². The molecule has 4 heteroatoms. The summed E-state index contributed by atoms with van der Waals surface area (Å²) in [7, 11) is 0. The molecule has 1 heterocycles. The minimum atomic E-state index is -0.772. The first-order chi connectivity index (χ1) is 7.70. The van der Waals surface area contributed by atoms with Gasteiger partial charge in [0.05, 0.1) is 6.10 Å². The van der Waals surface area contributed by atoms with Crippen molar-refractivity contribution in [3.05, 3.63) is 29.6 Å². The van der Waals surface area contributed by atoms with Crippen molar-refractivity contribution >= 4 is 5.69 Å². The number of nitrogens with zero attached hydrogens (tertiary/aromatic N) is 1. The molecule has 0 saturated carbocycles. The largest absolute Gasteiger partial charge is 0.389 e. The molecular formula is C12H17FN2O. The number of benzene rings is 1. The van der Waals surface area contributed by atoms with Crippen LogP contribution in [0.15, 0.2) is 18.2 Å². The lowest BCUT2D eigenvalue weighted by Crippen LogP contribution is -2.44. The molecule has 88 valence electrons. The Morgan fingerprint density at radius 3 is 2.69 bits per heavy atom. The zero-order valence-corrected chi connectivity index (χ0v) is 9.41. The summed E-state index contributed by atoms with van der Waals surface area (Å²) < 4.78 is 13.7. The minimum absolute atomic E-state index is 0.328. The van der Waals surface area contributed by atoms with Crippen molar-refractivity contribution in [2.75, 3.05) is 31.1 Å². The van der Waals surface area contributed by atoms with E-state index in [1.165, 1.54) is 6.07 Å². The molecule has 2 rings (SSSR count). The van der Waals surface area contributed by atoms with Crippen LogP contribution in [-0.2, 0) is 0 Å². The molecule has 2 N–H and O–H groups in total. The Bertz CT molecular complexity index is 362. The predicted octanol–water partition coefficient (Wildman–Crippen LogP) is 1.29. The van der Waals surface area contributed by atoms with Crippen LogP contribution in [-0.4, -0.2) is 31.3 Å². The maximum atomic E-state index is 13.7. The van der Waals surface area contributed by atoms with Crippen LogP contribution < -0.4 is 10.2 Å². The van der Waals surface area contributed by atoms with Gasteiger partial charge in [0.25, 0.3) is 0 Å². The van der Waals surface area contributed by atoms with Crippen LogP contribution in [0.4, 0.5) is 10.1 Å². The predicted molar refractivity (Wildman–Crippen MR) is 62.1 cm³/mol. The Labute approximate surface area is 94.9 Å². The number of rotatable bonds is 2. The zero-order valence-electron chi connectivity index (χ0n) is 9.41. The maximum absolute atomic E-state index is 13.7. The number of halogens is 1. The van der Waals surface area contributed by atoms with E-state index in [1.54, 1.807) is 13.0 Å². The van der Waals surface area contributed by atoms with E-state index in [4.69, 9.17) is 0 Å². The van der Waals surface area contributed by atoms with Crippen molar-refractivity contribution in [3.8, 4) is 0 Å². The minimum Gasteiger partial charge on any atom is -0.389 e. The normalized spacial score (nSPS) is 18.6. The smallest absolute Gasteiger partial charge is 0.131 e. The first kappa shape index (κ1) is 11.4. The van der Waals surface area contributed by atoms with Gasteiger partial charge in [-0.3, -0.25) is 0 Å². The Morgan fingerprint density at radius 1 is 1.38 bits per heavy atom. The number of hydrogen-bond donors (Lipinski definition) is 2. The number of aliphatic hydroxyl groups is 1. The fourth-order valence-electron chi connectivity index (χ4n) is 2.12. The van der Waals surface area contributed by atoms with Crippen molar-refractivity contribution in [1.82, 2.24) is 5.32 Å². The Balaban J connectivity index is 2.34. The number of hydrogen-bond acceptors (Lipinski definition) is 3. The van der Waals surface area contributed by atoms with Crippen molar-refractivity contribution in [3.63, 3.8) is 0 Å². The topological polar surface area (TPSA) is 35.5 Å². The molecule has 1 atom stereocenters. The third kappa shape index (κ3) is 2.18. The molecule has 1 aliphatic rings. The third-order valence-corrected chi connectivity index (χ3v) is 2.91. The molecule has 3 nitrogen and oxygen atoms in total. The molecule has 0 bridgehead atoms. The van der Waals surface area contributed by atoms with Crippen LogP contribution in [0.1, 0.15) is 18.6 Å². The molecule has 0 amide bonds. The average molecular weight is 224 g/mol. The number of nitrogens with one attached hydrogen (secondary N) is 1. The quantitative estimate of drug-likeness (QED) is 0.794. The van der Waals surface area contributed by atoms with Crippen LogP contribution in [0.25, 0.3) is 0 Å². The molecule has 1 aromatic rings. The van der Waals surface area contributed by atoms with Crippen LogP contribution in [0.5, 0.6) is 0 Å². The van der Waals surface area contributed by atoms with E-state index >= 15 is 0 Å². The maximum Gasteiger partial charge on any atom is 0.131 e. The molecule has 1 unspecified atom stereocenters. The second kappa shape index (κ2) is 4.80. The second-order valence-electron chi connectivity index (χ2n) is 4.09. The highest BCUT2D eigenvalue weighted by molar-refractivity contribution is 5.55. The van der Waals surface area contributed by atoms with Gasteiger partial charge in [-0.25, -0.2) is 4.39 Å². The molecule has 0 spiro atoms. The molecule has 0 radical (unpaired) electrons. The highest BCUT2D eigenvalue weighted by Crippen LogP contribution is 2.28. The summed E-state index contributed by atoms with van der Waals surface area (Å²) in [5.74, 6) is -0.328. The summed E-state index contributed by atoms with van der Waals surface area (Å²) in [6, 6.07) is 4.96. The lowest BCUT2D eigenvalue weighted by Gasteiger charge is -2.31. The summed E-state index contributed by atoms with van der Waals surface area (Å²) in [6.45, 7) is 5.10. The van der Waals surface area contributed by atoms with Crippen LogP contribution in [0.2, 0.25) is 0 Å². The van der Waals surface area contributed by atoms with Crippen molar-refractivity contribution in [2.24, 2.45) is 0 Å². The van der Waals surface area contributed by atoms with Gasteiger partial charge >= 0.3 is 0 Å². The van der Waals surface area contributed by atoms with E-state index < -0.39 is 6.10 Å². The van der Waals surface area contributed by atoms with Crippen molar-refractivity contribution in [1.29, 1.82) is 0 Å². The lowest BCUT2D eigenvalue weighted by atomic mass is 10.1. The second-order valence-corrected chi connectivity index (χ2v) is 4.09. The lowest BCUT2D eigenvalue weighted by molar-refractivity contribution is 0.194. The zero-order chi connectivity index (χ0) is 11.5. The number of aliphatic hydroxyl groups excluding tert-OH is 1. The summed E-state index contributed by atoms with van der Waals surface area (Å²) in [6.07, 6.45) is -0.772. The Morgan fingerprint density at radius 2 is 2.06 bits per heavy atom. The molecule has 1 aliphatic heterocycles. The van der Waals surface area contributed by atoms with Gasteiger partial charge in [-0.2, -0.15) is 0 Å². The molecule has 0 aromatic heterocycles. The summed E-state index contributed by atoms with van der Waals surface area (Å²) in [5.41, 5.74) is 1.22. The van der Waals surface area contributed by atoms with Gasteiger partial charge in [0.1, 0.15) is 5.82 Å². The average Bonchev–Trinajstić information content (AvgIpc) is 2.29. The monoisotopic (exact) mass is 224 g/mol. The van der Waals surface area contributed by atoms with E-state index in [9.17, 15) is 9.50 Å². The molecule has 1 fully saturated rings. The van der Waals surface area contributed by atoms with E-state index in [-0.39, 0.29) is 5.82 Å². The number of anilines is 1. The highest BCUT2D eigenvalue weighted by Gasteiger charge is 2.19. The van der Waals surface area contributed by atoms with Crippen LogP contribution in [0, 0.1) is 5.82 Å². The van der Waals surface area contributed by atoms with E-state index in [2.05, 4.69) is 10.2 Å². The van der Waals surface area contributed by atoms with Gasteiger partial charge in [-0.15, -0.1) is 0 Å². The Hall–Kier alpha value is -1.13. The molecular weight excluding hydrogens is 207 g/mol. The van der Waals surface area contributed by atoms with E-state index in [1.807, 2.05) is 6.07 Å². The molecule has 16 heavy (non-hydrogen) atoms. The fourth-order valence-corrected chi connectivity index (χ4v) is 2.12.